The van der Waals surface area contributed by atoms with Crippen LogP contribution in [0.25, 0.3) is 0 Å². The van der Waals surface area contributed by atoms with E-state index in [1.54, 1.807) is 6.07 Å². The summed E-state index contributed by atoms with van der Waals surface area (Å²) in [6.45, 7) is 4.32. The van der Waals surface area contributed by atoms with Gasteiger partial charge in [-0.05, 0) is 47.2 Å². The first-order valence-corrected chi connectivity index (χ1v) is 7.30. The van der Waals surface area contributed by atoms with E-state index in [1.807, 2.05) is 12.1 Å². The van der Waals surface area contributed by atoms with Gasteiger partial charge in [0.15, 0.2) is 0 Å². The Labute approximate surface area is 119 Å². The summed E-state index contributed by atoms with van der Waals surface area (Å²) in [6.07, 6.45) is 1.75. The normalized spacial score (nSPS) is 18.4. The minimum Gasteiger partial charge on any atom is -0.316 e. The van der Waals surface area contributed by atoms with E-state index in [4.69, 9.17) is 0 Å². The first-order valence-electron chi connectivity index (χ1n) is 7.30. The lowest BCUT2D eigenvalue weighted by Crippen LogP contribution is -2.18. The molecule has 0 aromatic heterocycles. The highest BCUT2D eigenvalue weighted by atomic mass is 19.1. The largest absolute Gasteiger partial charge is 0.316 e. The number of halogens is 1. The third-order valence-electron chi connectivity index (χ3n) is 4.12. The Kier molecular flexibility index (Phi) is 3.83. The second-order valence-corrected chi connectivity index (χ2v) is 5.66. The minimum atomic E-state index is -0.114. The second kappa shape index (κ2) is 5.76. The molecule has 2 aromatic rings. The number of hydrogen-bond donors (Lipinski definition) is 1. The molecule has 1 atom stereocenters. The molecular formula is C18H20FN. The standard InChI is InChI=1S/C18H20FN/c1-13-12-20-9-8-15-7-6-14(11-17(13)15)10-16-4-2-3-5-18(16)19/h2-7,11,13,20H,8-10,12H2,1H3. The first kappa shape index (κ1) is 13.3. The molecule has 0 amide bonds. The molecule has 1 aliphatic heterocycles. The molecule has 1 nitrogen and oxygen atoms in total. The van der Waals surface area contributed by atoms with E-state index < -0.39 is 0 Å². The van der Waals surface area contributed by atoms with Crippen molar-refractivity contribution in [3.63, 3.8) is 0 Å². The van der Waals surface area contributed by atoms with Gasteiger partial charge in [-0.25, -0.2) is 4.39 Å². The monoisotopic (exact) mass is 269 g/mol. The maximum absolute atomic E-state index is 13.7. The van der Waals surface area contributed by atoms with Gasteiger partial charge in [0.25, 0.3) is 0 Å². The molecule has 0 bridgehead atoms. The van der Waals surface area contributed by atoms with Crippen LogP contribution in [-0.4, -0.2) is 13.1 Å². The lowest BCUT2D eigenvalue weighted by Gasteiger charge is -2.14. The van der Waals surface area contributed by atoms with Crippen molar-refractivity contribution in [3.8, 4) is 0 Å². The topological polar surface area (TPSA) is 12.0 Å². The SMILES string of the molecule is CC1CNCCc2ccc(Cc3ccccc3F)cc21. The van der Waals surface area contributed by atoms with E-state index in [9.17, 15) is 4.39 Å². The molecule has 20 heavy (non-hydrogen) atoms. The summed E-state index contributed by atoms with van der Waals surface area (Å²) in [5.74, 6) is 0.408. The van der Waals surface area contributed by atoms with E-state index in [0.29, 0.717) is 12.3 Å². The lowest BCUT2D eigenvalue weighted by molar-refractivity contribution is 0.614. The molecule has 1 aliphatic rings. The second-order valence-electron chi connectivity index (χ2n) is 5.66. The number of benzene rings is 2. The molecule has 2 heteroatoms. The number of fused-ring (bicyclic) bond motifs is 1. The summed E-state index contributed by atoms with van der Waals surface area (Å²) in [6, 6.07) is 13.7. The van der Waals surface area contributed by atoms with Crippen molar-refractivity contribution in [2.24, 2.45) is 0 Å². The average molecular weight is 269 g/mol. The molecule has 0 spiro atoms. The summed E-state index contributed by atoms with van der Waals surface area (Å²) in [4.78, 5) is 0. The van der Waals surface area contributed by atoms with Crippen LogP contribution in [0.3, 0.4) is 0 Å². The molecule has 2 aromatic carbocycles. The van der Waals surface area contributed by atoms with Gasteiger partial charge in [0.2, 0.25) is 0 Å². The van der Waals surface area contributed by atoms with Gasteiger partial charge in [-0.2, -0.15) is 0 Å². The number of hydrogen-bond acceptors (Lipinski definition) is 1. The van der Waals surface area contributed by atoms with Crippen LogP contribution >= 0.6 is 0 Å². The van der Waals surface area contributed by atoms with Crippen LogP contribution in [0, 0.1) is 5.82 Å². The van der Waals surface area contributed by atoms with Crippen LogP contribution < -0.4 is 5.32 Å². The Morgan fingerprint density at radius 1 is 1.20 bits per heavy atom. The molecule has 1 heterocycles. The van der Waals surface area contributed by atoms with Gasteiger partial charge >= 0.3 is 0 Å². The van der Waals surface area contributed by atoms with Crippen LogP contribution in [0.5, 0.6) is 0 Å². The minimum absolute atomic E-state index is 0.114. The van der Waals surface area contributed by atoms with Crippen LogP contribution in [0.4, 0.5) is 4.39 Å². The summed E-state index contributed by atoms with van der Waals surface area (Å²) in [7, 11) is 0. The smallest absolute Gasteiger partial charge is 0.126 e. The van der Waals surface area contributed by atoms with Gasteiger partial charge in [0.1, 0.15) is 5.82 Å². The quantitative estimate of drug-likeness (QED) is 0.877. The van der Waals surface area contributed by atoms with Gasteiger partial charge in [0, 0.05) is 13.0 Å². The number of rotatable bonds is 2. The van der Waals surface area contributed by atoms with Gasteiger partial charge in [-0.15, -0.1) is 0 Å². The number of nitrogens with one attached hydrogen (secondary N) is 1. The molecule has 0 radical (unpaired) electrons. The summed E-state index contributed by atoms with van der Waals surface area (Å²) in [5.41, 5.74) is 4.82. The fourth-order valence-electron chi connectivity index (χ4n) is 2.95. The maximum atomic E-state index is 13.7. The van der Waals surface area contributed by atoms with E-state index in [0.717, 1.165) is 25.1 Å². The summed E-state index contributed by atoms with van der Waals surface area (Å²) >= 11 is 0. The van der Waals surface area contributed by atoms with E-state index >= 15 is 0 Å². The van der Waals surface area contributed by atoms with Gasteiger partial charge < -0.3 is 5.32 Å². The Hall–Kier alpha value is -1.67. The van der Waals surface area contributed by atoms with Crippen molar-refractivity contribution in [2.75, 3.05) is 13.1 Å². The zero-order valence-electron chi connectivity index (χ0n) is 11.8. The predicted octanol–water partition coefficient (Wildman–Crippen LogP) is 3.67. The third-order valence-corrected chi connectivity index (χ3v) is 4.12. The Balaban J connectivity index is 1.90. The zero-order valence-corrected chi connectivity index (χ0v) is 11.8. The molecule has 104 valence electrons. The predicted molar refractivity (Wildman–Crippen MR) is 80.6 cm³/mol. The zero-order chi connectivity index (χ0) is 13.9. The molecule has 3 rings (SSSR count). The molecule has 1 N–H and O–H groups in total. The fourth-order valence-corrected chi connectivity index (χ4v) is 2.95. The van der Waals surface area contributed by atoms with Crippen LogP contribution in [0.15, 0.2) is 42.5 Å². The summed E-state index contributed by atoms with van der Waals surface area (Å²) in [5, 5.41) is 3.46. The van der Waals surface area contributed by atoms with Crippen molar-refractivity contribution in [2.45, 2.75) is 25.7 Å². The fraction of sp³-hybridized carbons (Fsp3) is 0.333. The van der Waals surface area contributed by atoms with Crippen LogP contribution in [0.1, 0.15) is 35.1 Å². The van der Waals surface area contributed by atoms with E-state index in [1.165, 1.54) is 22.8 Å². The Morgan fingerprint density at radius 3 is 2.90 bits per heavy atom. The Bertz CT molecular complexity index is 606. The highest BCUT2D eigenvalue weighted by Gasteiger charge is 2.15. The molecule has 0 saturated heterocycles. The highest BCUT2D eigenvalue weighted by Crippen LogP contribution is 2.25. The van der Waals surface area contributed by atoms with Gasteiger partial charge in [-0.3, -0.25) is 0 Å². The first-order chi connectivity index (χ1) is 9.74. The lowest BCUT2D eigenvalue weighted by atomic mass is 9.91. The van der Waals surface area contributed by atoms with Crippen LogP contribution in [0.2, 0.25) is 0 Å². The molecule has 0 saturated carbocycles. The third kappa shape index (κ3) is 2.75. The highest BCUT2D eigenvalue weighted by molar-refractivity contribution is 5.38. The van der Waals surface area contributed by atoms with Crippen LogP contribution in [-0.2, 0) is 12.8 Å². The van der Waals surface area contributed by atoms with E-state index in [2.05, 4.69) is 30.4 Å². The van der Waals surface area contributed by atoms with E-state index in [-0.39, 0.29) is 5.82 Å². The van der Waals surface area contributed by atoms with Crippen molar-refractivity contribution in [3.05, 3.63) is 70.5 Å². The van der Waals surface area contributed by atoms with Crippen molar-refractivity contribution < 1.29 is 4.39 Å². The van der Waals surface area contributed by atoms with Gasteiger partial charge in [-0.1, -0.05) is 43.3 Å². The molecule has 1 unspecified atom stereocenters. The van der Waals surface area contributed by atoms with Gasteiger partial charge in [0.05, 0.1) is 0 Å². The van der Waals surface area contributed by atoms with Crippen molar-refractivity contribution in [1.29, 1.82) is 0 Å². The molecule has 0 fully saturated rings. The molecular weight excluding hydrogens is 249 g/mol. The Morgan fingerprint density at radius 2 is 2.05 bits per heavy atom. The van der Waals surface area contributed by atoms with Crippen molar-refractivity contribution in [1.82, 2.24) is 5.32 Å². The summed E-state index contributed by atoms with van der Waals surface area (Å²) < 4.78 is 13.7. The maximum Gasteiger partial charge on any atom is 0.126 e. The molecule has 0 aliphatic carbocycles. The average Bonchev–Trinajstić information content (AvgIpc) is 2.64. The van der Waals surface area contributed by atoms with Crippen molar-refractivity contribution >= 4 is 0 Å².